The van der Waals surface area contributed by atoms with Crippen LogP contribution in [0.4, 0.5) is 4.79 Å². The standard InChI is InChI=1S/C14H25N3O3/c15-11-6-8-17(9-7-11)14(20)16-12(13(18)19)10-4-2-1-3-5-10/h10-12H,1-9,15H2,(H,16,20)(H,18,19). The molecule has 1 unspecified atom stereocenters. The molecule has 2 fully saturated rings. The summed E-state index contributed by atoms with van der Waals surface area (Å²) in [5, 5.41) is 12.1. The molecule has 1 atom stereocenters. The molecule has 1 aliphatic heterocycles. The maximum atomic E-state index is 12.2. The van der Waals surface area contributed by atoms with Crippen LogP contribution < -0.4 is 11.1 Å². The lowest BCUT2D eigenvalue weighted by atomic mass is 9.84. The molecule has 2 rings (SSSR count). The Morgan fingerprint density at radius 2 is 1.70 bits per heavy atom. The van der Waals surface area contributed by atoms with Gasteiger partial charge in [0.2, 0.25) is 0 Å². The van der Waals surface area contributed by atoms with Gasteiger partial charge in [-0.2, -0.15) is 0 Å². The smallest absolute Gasteiger partial charge is 0.326 e. The van der Waals surface area contributed by atoms with Crippen molar-refractivity contribution in [2.45, 2.75) is 57.0 Å². The minimum atomic E-state index is -0.918. The van der Waals surface area contributed by atoms with Crippen LogP contribution in [0.25, 0.3) is 0 Å². The summed E-state index contributed by atoms with van der Waals surface area (Å²) in [5.41, 5.74) is 5.81. The van der Waals surface area contributed by atoms with E-state index in [4.69, 9.17) is 5.73 Å². The third kappa shape index (κ3) is 3.85. The second-order valence-electron chi connectivity index (χ2n) is 5.99. The van der Waals surface area contributed by atoms with E-state index in [0.29, 0.717) is 13.1 Å². The van der Waals surface area contributed by atoms with Crippen LogP contribution in [0.1, 0.15) is 44.9 Å². The molecular weight excluding hydrogens is 258 g/mol. The number of likely N-dealkylation sites (tertiary alicyclic amines) is 1. The molecule has 4 N–H and O–H groups in total. The Morgan fingerprint density at radius 1 is 1.10 bits per heavy atom. The summed E-state index contributed by atoms with van der Waals surface area (Å²) in [6, 6.07) is -0.846. The zero-order chi connectivity index (χ0) is 14.5. The minimum Gasteiger partial charge on any atom is -0.480 e. The molecule has 0 aromatic heterocycles. The number of hydrogen-bond donors (Lipinski definition) is 3. The SMILES string of the molecule is NC1CCN(C(=O)NC(C(=O)O)C2CCCCC2)CC1. The molecule has 0 aromatic rings. The maximum absolute atomic E-state index is 12.2. The maximum Gasteiger partial charge on any atom is 0.326 e. The van der Waals surface area contributed by atoms with Gasteiger partial charge in [-0.05, 0) is 31.6 Å². The topological polar surface area (TPSA) is 95.7 Å². The average molecular weight is 283 g/mol. The Bertz CT molecular complexity index is 348. The summed E-state index contributed by atoms with van der Waals surface area (Å²) >= 11 is 0. The summed E-state index contributed by atoms with van der Waals surface area (Å²) in [6.45, 7) is 1.23. The molecule has 2 amide bonds. The largest absolute Gasteiger partial charge is 0.480 e. The van der Waals surface area contributed by atoms with Crippen LogP contribution in [0.15, 0.2) is 0 Å². The highest BCUT2D eigenvalue weighted by molar-refractivity contribution is 5.82. The lowest BCUT2D eigenvalue weighted by Gasteiger charge is -2.33. The van der Waals surface area contributed by atoms with Crippen molar-refractivity contribution in [3.63, 3.8) is 0 Å². The molecular formula is C14H25N3O3. The third-order valence-electron chi connectivity index (χ3n) is 4.49. The highest BCUT2D eigenvalue weighted by atomic mass is 16.4. The summed E-state index contributed by atoms with van der Waals surface area (Å²) in [5.74, 6) is -0.851. The van der Waals surface area contributed by atoms with Crippen LogP contribution in [0.2, 0.25) is 0 Å². The Morgan fingerprint density at radius 3 is 2.25 bits per heavy atom. The summed E-state index contributed by atoms with van der Waals surface area (Å²) in [7, 11) is 0. The average Bonchev–Trinajstić information content (AvgIpc) is 2.46. The second kappa shape index (κ2) is 6.92. The van der Waals surface area contributed by atoms with Gasteiger partial charge in [0.1, 0.15) is 6.04 Å². The van der Waals surface area contributed by atoms with Gasteiger partial charge in [0.05, 0.1) is 0 Å². The minimum absolute atomic E-state index is 0.0669. The fourth-order valence-electron chi connectivity index (χ4n) is 3.18. The molecule has 1 saturated carbocycles. The van der Waals surface area contributed by atoms with E-state index in [2.05, 4.69) is 5.32 Å². The number of hydrogen-bond acceptors (Lipinski definition) is 3. The molecule has 0 aromatic carbocycles. The first-order valence-electron chi connectivity index (χ1n) is 7.61. The predicted octanol–water partition coefficient (Wildman–Crippen LogP) is 1.15. The number of nitrogens with one attached hydrogen (secondary N) is 1. The van der Waals surface area contributed by atoms with Crippen molar-refractivity contribution in [2.75, 3.05) is 13.1 Å². The highest BCUT2D eigenvalue weighted by Crippen LogP contribution is 2.26. The number of carboxylic acids is 1. The third-order valence-corrected chi connectivity index (χ3v) is 4.49. The van der Waals surface area contributed by atoms with Gasteiger partial charge >= 0.3 is 12.0 Å². The molecule has 1 saturated heterocycles. The number of aliphatic carboxylic acids is 1. The lowest BCUT2D eigenvalue weighted by molar-refractivity contribution is -0.141. The highest BCUT2D eigenvalue weighted by Gasteiger charge is 2.32. The number of piperidine rings is 1. The zero-order valence-corrected chi connectivity index (χ0v) is 11.9. The van der Waals surface area contributed by atoms with E-state index in [0.717, 1.165) is 38.5 Å². The Hall–Kier alpha value is -1.30. The van der Waals surface area contributed by atoms with Crippen LogP contribution in [-0.2, 0) is 4.79 Å². The van der Waals surface area contributed by atoms with Gasteiger partial charge in [0.15, 0.2) is 0 Å². The first-order chi connectivity index (χ1) is 9.58. The van der Waals surface area contributed by atoms with Gasteiger partial charge in [0, 0.05) is 19.1 Å². The molecule has 20 heavy (non-hydrogen) atoms. The van der Waals surface area contributed by atoms with E-state index >= 15 is 0 Å². The van der Waals surface area contributed by atoms with Crippen molar-refractivity contribution in [1.82, 2.24) is 10.2 Å². The zero-order valence-electron chi connectivity index (χ0n) is 11.9. The van der Waals surface area contributed by atoms with Crippen molar-refractivity contribution in [3.8, 4) is 0 Å². The molecule has 1 aliphatic carbocycles. The lowest BCUT2D eigenvalue weighted by Crippen LogP contribution is -2.53. The van der Waals surface area contributed by atoms with Crippen molar-refractivity contribution in [1.29, 1.82) is 0 Å². The normalized spacial score (nSPS) is 23.4. The molecule has 2 aliphatic rings. The number of nitrogens with two attached hydrogens (primary N) is 1. The van der Waals surface area contributed by atoms with Crippen LogP contribution >= 0.6 is 0 Å². The van der Waals surface area contributed by atoms with E-state index < -0.39 is 12.0 Å². The molecule has 0 radical (unpaired) electrons. The van der Waals surface area contributed by atoms with Gasteiger partial charge in [0.25, 0.3) is 0 Å². The molecule has 6 heteroatoms. The quantitative estimate of drug-likeness (QED) is 0.724. The van der Waals surface area contributed by atoms with Crippen molar-refractivity contribution in [3.05, 3.63) is 0 Å². The van der Waals surface area contributed by atoms with E-state index in [9.17, 15) is 14.7 Å². The van der Waals surface area contributed by atoms with Gasteiger partial charge in [-0.3, -0.25) is 0 Å². The Kier molecular flexibility index (Phi) is 5.23. The fourth-order valence-corrected chi connectivity index (χ4v) is 3.18. The van der Waals surface area contributed by atoms with Crippen LogP contribution in [-0.4, -0.2) is 47.2 Å². The Labute approximate surface area is 119 Å². The van der Waals surface area contributed by atoms with Gasteiger partial charge in [-0.1, -0.05) is 19.3 Å². The Balaban J connectivity index is 1.90. The number of amides is 2. The molecule has 6 nitrogen and oxygen atoms in total. The number of carboxylic acid groups (broad SMARTS) is 1. The second-order valence-corrected chi connectivity index (χ2v) is 5.99. The van der Waals surface area contributed by atoms with Gasteiger partial charge in [-0.15, -0.1) is 0 Å². The number of nitrogens with zero attached hydrogens (tertiary/aromatic N) is 1. The van der Waals surface area contributed by atoms with Crippen molar-refractivity contribution in [2.24, 2.45) is 11.7 Å². The summed E-state index contributed by atoms with van der Waals surface area (Å²) in [6.07, 6.45) is 6.64. The van der Waals surface area contributed by atoms with Gasteiger partial charge < -0.3 is 21.1 Å². The summed E-state index contributed by atoms with van der Waals surface area (Å²) < 4.78 is 0. The predicted molar refractivity (Wildman–Crippen MR) is 75.3 cm³/mol. The molecule has 114 valence electrons. The first-order valence-corrected chi connectivity index (χ1v) is 7.61. The van der Waals surface area contributed by atoms with Crippen LogP contribution in [0.3, 0.4) is 0 Å². The van der Waals surface area contributed by atoms with Gasteiger partial charge in [-0.25, -0.2) is 9.59 Å². The number of urea groups is 1. The molecule has 0 spiro atoms. The monoisotopic (exact) mass is 283 g/mol. The fraction of sp³-hybridized carbons (Fsp3) is 0.857. The van der Waals surface area contributed by atoms with Crippen LogP contribution in [0.5, 0.6) is 0 Å². The molecule has 0 bridgehead atoms. The van der Waals surface area contributed by atoms with E-state index in [1.54, 1.807) is 4.90 Å². The van der Waals surface area contributed by atoms with E-state index in [1.165, 1.54) is 6.42 Å². The molecule has 1 heterocycles. The first kappa shape index (κ1) is 15.1. The van der Waals surface area contributed by atoms with Crippen LogP contribution in [0, 0.1) is 5.92 Å². The number of carbonyl (C=O) groups excluding carboxylic acids is 1. The van der Waals surface area contributed by atoms with E-state index in [-0.39, 0.29) is 18.0 Å². The number of rotatable bonds is 3. The summed E-state index contributed by atoms with van der Waals surface area (Å²) in [4.78, 5) is 25.3. The number of carbonyl (C=O) groups is 2. The van der Waals surface area contributed by atoms with E-state index in [1.807, 2.05) is 0 Å². The van der Waals surface area contributed by atoms with Crippen molar-refractivity contribution >= 4 is 12.0 Å². The van der Waals surface area contributed by atoms with Crippen molar-refractivity contribution < 1.29 is 14.7 Å².